The number of para-hydroxylation sites is 1. The Hall–Kier alpha value is -0.670. The largest absolute Gasteiger partial charge is 0.295 e. The summed E-state index contributed by atoms with van der Waals surface area (Å²) >= 11 is 1.43. The van der Waals surface area contributed by atoms with Gasteiger partial charge in [-0.2, -0.15) is 0 Å². The van der Waals surface area contributed by atoms with Crippen LogP contribution in [0.4, 0.5) is 5.69 Å². The third-order valence-corrected chi connectivity index (χ3v) is 2.41. The normalized spacial score (nSPS) is 17.3. The van der Waals surface area contributed by atoms with Crippen LogP contribution in [-0.4, -0.2) is 13.2 Å². The zero-order valence-electron chi connectivity index (χ0n) is 6.06. The fourth-order valence-electron chi connectivity index (χ4n) is 1.02. The number of benzene rings is 1. The van der Waals surface area contributed by atoms with E-state index in [9.17, 15) is 0 Å². The van der Waals surface area contributed by atoms with Crippen LogP contribution in [0.5, 0.6) is 0 Å². The molecule has 0 spiro atoms. The highest BCUT2D eigenvalue weighted by Gasteiger charge is 2.13. The molecule has 0 aliphatic carbocycles. The Morgan fingerprint density at radius 3 is 2.73 bits per heavy atom. The van der Waals surface area contributed by atoms with E-state index in [2.05, 4.69) is 16.4 Å². The second-order valence-electron chi connectivity index (χ2n) is 2.33. The minimum Gasteiger partial charge on any atom is -0.295 e. The van der Waals surface area contributed by atoms with Crippen molar-refractivity contribution in [2.24, 2.45) is 0 Å². The minimum atomic E-state index is 0.819. The molecule has 1 saturated heterocycles. The average Bonchev–Trinajstić information content (AvgIpc) is 2.58. The highest BCUT2D eigenvalue weighted by Crippen LogP contribution is 2.26. The number of hydrogen-bond donors (Lipinski definition) is 0. The number of rotatable bonds is 1. The Kier molecular flexibility index (Phi) is 2.01. The molecular formula is C8H9NOS. The van der Waals surface area contributed by atoms with Crippen molar-refractivity contribution in [3.8, 4) is 0 Å². The molecule has 1 aliphatic heterocycles. The van der Waals surface area contributed by atoms with E-state index >= 15 is 0 Å². The molecule has 0 unspecified atom stereocenters. The van der Waals surface area contributed by atoms with E-state index in [0.29, 0.717) is 0 Å². The van der Waals surface area contributed by atoms with Gasteiger partial charge in [0.2, 0.25) is 0 Å². The fourth-order valence-corrected chi connectivity index (χ4v) is 1.66. The van der Waals surface area contributed by atoms with Gasteiger partial charge in [0.05, 0.1) is 13.2 Å². The molecule has 0 aromatic heterocycles. The first-order chi connectivity index (χ1) is 5.47. The van der Waals surface area contributed by atoms with Crippen molar-refractivity contribution >= 4 is 17.9 Å². The van der Waals surface area contributed by atoms with Crippen LogP contribution in [0.15, 0.2) is 30.3 Å². The average molecular weight is 167 g/mol. The molecule has 0 radical (unpaired) electrons. The molecule has 2 rings (SSSR count). The first-order valence-corrected chi connectivity index (χ1v) is 4.29. The summed E-state index contributed by atoms with van der Waals surface area (Å²) in [5, 5.41) is 0. The van der Waals surface area contributed by atoms with E-state index in [-0.39, 0.29) is 0 Å². The van der Waals surface area contributed by atoms with E-state index in [4.69, 9.17) is 4.18 Å². The third kappa shape index (κ3) is 1.49. The van der Waals surface area contributed by atoms with Gasteiger partial charge in [-0.1, -0.05) is 18.2 Å². The summed E-state index contributed by atoms with van der Waals surface area (Å²) in [6, 6.07) is 10.3. The van der Waals surface area contributed by atoms with Crippen molar-refractivity contribution in [3.05, 3.63) is 30.3 Å². The zero-order chi connectivity index (χ0) is 7.52. The van der Waals surface area contributed by atoms with E-state index in [1.54, 1.807) is 0 Å². The van der Waals surface area contributed by atoms with E-state index < -0.39 is 0 Å². The summed E-state index contributed by atoms with van der Waals surface area (Å²) < 4.78 is 7.29. The molecular weight excluding hydrogens is 158 g/mol. The second-order valence-corrected chi connectivity index (χ2v) is 3.16. The lowest BCUT2D eigenvalue weighted by atomic mass is 10.3. The molecule has 0 saturated carbocycles. The predicted molar refractivity (Wildman–Crippen MR) is 47.3 cm³/mol. The van der Waals surface area contributed by atoms with Crippen LogP contribution in [-0.2, 0) is 4.18 Å². The van der Waals surface area contributed by atoms with Gasteiger partial charge in [0.15, 0.2) is 0 Å². The predicted octanol–water partition coefficient (Wildman–Crippen LogP) is 2.09. The molecule has 1 heterocycles. The molecule has 0 bridgehead atoms. The maximum atomic E-state index is 5.15. The third-order valence-electron chi connectivity index (χ3n) is 1.56. The van der Waals surface area contributed by atoms with Crippen molar-refractivity contribution in [2.75, 3.05) is 17.5 Å². The van der Waals surface area contributed by atoms with Gasteiger partial charge < -0.3 is 0 Å². The van der Waals surface area contributed by atoms with Crippen LogP contribution in [0, 0.1) is 0 Å². The summed E-state index contributed by atoms with van der Waals surface area (Å²) in [5.41, 5.74) is 1.22. The Morgan fingerprint density at radius 2 is 2.09 bits per heavy atom. The van der Waals surface area contributed by atoms with Gasteiger partial charge in [-0.15, -0.1) is 0 Å². The van der Waals surface area contributed by atoms with Gasteiger partial charge in [-0.3, -0.25) is 8.49 Å². The number of nitrogens with zero attached hydrogens (tertiary/aromatic N) is 1. The minimum absolute atomic E-state index is 0.819. The van der Waals surface area contributed by atoms with Crippen LogP contribution in [0.3, 0.4) is 0 Å². The Morgan fingerprint density at radius 1 is 1.27 bits per heavy atom. The molecule has 1 aromatic carbocycles. The zero-order valence-corrected chi connectivity index (χ0v) is 6.88. The van der Waals surface area contributed by atoms with Gasteiger partial charge in [-0.05, 0) is 12.1 Å². The summed E-state index contributed by atoms with van der Waals surface area (Å²) in [7, 11) is 0. The van der Waals surface area contributed by atoms with Gasteiger partial charge in [-0.25, -0.2) is 0 Å². The van der Waals surface area contributed by atoms with Crippen molar-refractivity contribution < 1.29 is 4.18 Å². The van der Waals surface area contributed by atoms with Gasteiger partial charge in [0.1, 0.15) is 12.2 Å². The second kappa shape index (κ2) is 3.15. The van der Waals surface area contributed by atoms with E-state index in [1.807, 2.05) is 18.2 Å². The molecule has 2 nitrogen and oxygen atoms in total. The quantitative estimate of drug-likeness (QED) is 0.469. The number of hydrogen-bond acceptors (Lipinski definition) is 3. The topological polar surface area (TPSA) is 12.5 Å². The van der Waals surface area contributed by atoms with Crippen LogP contribution in [0.25, 0.3) is 0 Å². The van der Waals surface area contributed by atoms with Crippen LogP contribution in [0.2, 0.25) is 0 Å². The molecule has 3 heteroatoms. The van der Waals surface area contributed by atoms with Gasteiger partial charge in [0.25, 0.3) is 0 Å². The monoisotopic (exact) mass is 167 g/mol. The van der Waals surface area contributed by atoms with Crippen molar-refractivity contribution in [1.82, 2.24) is 0 Å². The van der Waals surface area contributed by atoms with Crippen molar-refractivity contribution in [2.45, 2.75) is 0 Å². The van der Waals surface area contributed by atoms with E-state index in [0.717, 1.165) is 13.2 Å². The first kappa shape index (κ1) is 7.00. The summed E-state index contributed by atoms with van der Waals surface area (Å²) in [6.07, 6.45) is 0. The highest BCUT2D eigenvalue weighted by molar-refractivity contribution is 7.96. The molecule has 1 aromatic rings. The van der Waals surface area contributed by atoms with Crippen molar-refractivity contribution in [1.29, 1.82) is 0 Å². The maximum absolute atomic E-state index is 5.15. The standard InChI is InChI=1S/C8H9NOS/c1-2-4-8(5-3-1)9-6-7-10-11-9/h1-5H,6-7H2. The summed E-state index contributed by atoms with van der Waals surface area (Å²) in [4.78, 5) is 0. The van der Waals surface area contributed by atoms with Gasteiger partial charge >= 0.3 is 0 Å². The van der Waals surface area contributed by atoms with Gasteiger partial charge in [0, 0.05) is 5.69 Å². The Balaban J connectivity index is 2.16. The molecule has 1 fully saturated rings. The molecule has 0 N–H and O–H groups in total. The lowest BCUT2D eigenvalue weighted by molar-refractivity contribution is 0.417. The lowest BCUT2D eigenvalue weighted by Crippen LogP contribution is -2.09. The van der Waals surface area contributed by atoms with E-state index in [1.165, 1.54) is 17.9 Å². The molecule has 0 atom stereocenters. The fraction of sp³-hybridized carbons (Fsp3) is 0.250. The van der Waals surface area contributed by atoms with Crippen LogP contribution in [0.1, 0.15) is 0 Å². The van der Waals surface area contributed by atoms with Crippen LogP contribution < -0.4 is 4.31 Å². The SMILES string of the molecule is c1ccc(N2CCOS2)cc1. The first-order valence-electron chi connectivity index (χ1n) is 3.59. The molecule has 11 heavy (non-hydrogen) atoms. The van der Waals surface area contributed by atoms with Crippen molar-refractivity contribution in [3.63, 3.8) is 0 Å². The molecule has 1 aliphatic rings. The maximum Gasteiger partial charge on any atom is 0.114 e. The molecule has 58 valence electrons. The highest BCUT2D eigenvalue weighted by atomic mass is 32.2. The molecule has 0 amide bonds. The Labute approximate surface area is 70.5 Å². The lowest BCUT2D eigenvalue weighted by Gasteiger charge is -2.11. The van der Waals surface area contributed by atoms with Crippen LogP contribution >= 0.6 is 12.2 Å². The summed E-state index contributed by atoms with van der Waals surface area (Å²) in [6.45, 7) is 1.80. The summed E-state index contributed by atoms with van der Waals surface area (Å²) in [5.74, 6) is 0. The smallest absolute Gasteiger partial charge is 0.114 e. The Bertz CT molecular complexity index is 221. The number of anilines is 1.